The SMILES string of the molecule is CC1(NC(=O)NC2CCC2)CCCOC1. The van der Waals surface area contributed by atoms with Gasteiger partial charge >= 0.3 is 6.03 Å². The predicted molar refractivity (Wildman–Crippen MR) is 57.8 cm³/mol. The van der Waals surface area contributed by atoms with E-state index in [2.05, 4.69) is 10.6 Å². The Hall–Kier alpha value is -0.770. The van der Waals surface area contributed by atoms with Crippen molar-refractivity contribution < 1.29 is 9.53 Å². The second-order valence-electron chi connectivity index (χ2n) is 4.94. The van der Waals surface area contributed by atoms with Crippen LogP contribution in [0.3, 0.4) is 0 Å². The van der Waals surface area contributed by atoms with Crippen LogP contribution in [0.5, 0.6) is 0 Å². The van der Waals surface area contributed by atoms with Crippen molar-refractivity contribution in [2.24, 2.45) is 0 Å². The van der Waals surface area contributed by atoms with Gasteiger partial charge < -0.3 is 15.4 Å². The van der Waals surface area contributed by atoms with Crippen LogP contribution in [0.25, 0.3) is 0 Å². The molecule has 0 radical (unpaired) electrons. The van der Waals surface area contributed by atoms with E-state index in [0.29, 0.717) is 12.6 Å². The van der Waals surface area contributed by atoms with Crippen molar-refractivity contribution in [3.63, 3.8) is 0 Å². The number of ether oxygens (including phenoxy) is 1. The van der Waals surface area contributed by atoms with Crippen molar-refractivity contribution in [1.29, 1.82) is 0 Å². The lowest BCUT2D eigenvalue weighted by molar-refractivity contribution is 0.0330. The minimum atomic E-state index is -0.175. The van der Waals surface area contributed by atoms with Gasteiger partial charge in [0.05, 0.1) is 12.1 Å². The number of urea groups is 1. The normalized spacial score (nSPS) is 31.8. The Labute approximate surface area is 90.8 Å². The van der Waals surface area contributed by atoms with Crippen molar-refractivity contribution in [3.8, 4) is 0 Å². The summed E-state index contributed by atoms with van der Waals surface area (Å²) in [6, 6.07) is 0.366. The largest absolute Gasteiger partial charge is 0.379 e. The second-order valence-corrected chi connectivity index (χ2v) is 4.94. The zero-order chi connectivity index (χ0) is 10.7. The topological polar surface area (TPSA) is 50.4 Å². The summed E-state index contributed by atoms with van der Waals surface area (Å²) in [7, 11) is 0. The molecular weight excluding hydrogens is 192 g/mol. The van der Waals surface area contributed by atoms with Gasteiger partial charge in [0.1, 0.15) is 0 Å². The Bertz CT molecular complexity index is 233. The van der Waals surface area contributed by atoms with Crippen LogP contribution < -0.4 is 10.6 Å². The highest BCUT2D eigenvalue weighted by Crippen LogP contribution is 2.20. The first-order chi connectivity index (χ1) is 7.18. The average molecular weight is 212 g/mol. The standard InChI is InChI=1S/C11H20N2O2/c1-11(6-3-7-15-8-11)13-10(14)12-9-4-2-5-9/h9H,2-8H2,1H3,(H2,12,13,14). The minimum absolute atomic E-state index is 0.0345. The summed E-state index contributed by atoms with van der Waals surface area (Å²) in [5, 5.41) is 6.00. The lowest BCUT2D eigenvalue weighted by atomic mass is 9.93. The molecule has 0 aromatic carbocycles. The van der Waals surface area contributed by atoms with Crippen molar-refractivity contribution >= 4 is 6.03 Å². The molecule has 1 saturated heterocycles. The molecule has 0 spiro atoms. The number of carbonyl (C=O) groups is 1. The van der Waals surface area contributed by atoms with Gasteiger partial charge in [-0.3, -0.25) is 0 Å². The van der Waals surface area contributed by atoms with Crippen LogP contribution in [0.4, 0.5) is 4.79 Å². The molecule has 1 heterocycles. The zero-order valence-corrected chi connectivity index (χ0v) is 9.34. The Balaban J connectivity index is 1.75. The van der Waals surface area contributed by atoms with E-state index in [-0.39, 0.29) is 11.6 Å². The summed E-state index contributed by atoms with van der Waals surface area (Å²) >= 11 is 0. The van der Waals surface area contributed by atoms with Gasteiger partial charge in [0.25, 0.3) is 0 Å². The van der Waals surface area contributed by atoms with Crippen LogP contribution in [0.2, 0.25) is 0 Å². The molecule has 1 atom stereocenters. The Morgan fingerprint density at radius 3 is 2.73 bits per heavy atom. The number of carbonyl (C=O) groups excluding carboxylic acids is 1. The van der Waals surface area contributed by atoms with Gasteiger partial charge in [-0.25, -0.2) is 4.79 Å². The predicted octanol–water partition coefficient (Wildman–Crippen LogP) is 1.41. The molecule has 4 nitrogen and oxygen atoms in total. The molecule has 4 heteroatoms. The number of nitrogens with one attached hydrogen (secondary N) is 2. The van der Waals surface area contributed by atoms with Gasteiger partial charge in [-0.2, -0.15) is 0 Å². The molecule has 15 heavy (non-hydrogen) atoms. The molecular formula is C11H20N2O2. The fourth-order valence-corrected chi connectivity index (χ4v) is 2.08. The van der Waals surface area contributed by atoms with Crippen LogP contribution >= 0.6 is 0 Å². The number of hydrogen-bond donors (Lipinski definition) is 2. The van der Waals surface area contributed by atoms with Gasteiger partial charge in [-0.15, -0.1) is 0 Å². The first kappa shape index (κ1) is 10.7. The zero-order valence-electron chi connectivity index (χ0n) is 9.34. The van der Waals surface area contributed by atoms with Crippen LogP contribution in [0.1, 0.15) is 39.0 Å². The maximum absolute atomic E-state index is 11.6. The van der Waals surface area contributed by atoms with Gasteiger partial charge in [0.15, 0.2) is 0 Å². The van der Waals surface area contributed by atoms with Gasteiger partial charge in [-0.05, 0) is 39.0 Å². The average Bonchev–Trinajstić information content (AvgIpc) is 2.12. The van der Waals surface area contributed by atoms with Crippen LogP contribution in [0.15, 0.2) is 0 Å². The van der Waals surface area contributed by atoms with Crippen LogP contribution in [-0.4, -0.2) is 30.8 Å². The summed E-state index contributed by atoms with van der Waals surface area (Å²) in [4.78, 5) is 11.6. The van der Waals surface area contributed by atoms with Gasteiger partial charge in [-0.1, -0.05) is 0 Å². The van der Waals surface area contributed by atoms with Crippen molar-refractivity contribution in [3.05, 3.63) is 0 Å². The number of amides is 2. The molecule has 2 rings (SSSR count). The Morgan fingerprint density at radius 1 is 1.40 bits per heavy atom. The van der Waals surface area contributed by atoms with Crippen LogP contribution in [0, 0.1) is 0 Å². The molecule has 2 aliphatic rings. The minimum Gasteiger partial charge on any atom is -0.379 e. The molecule has 2 N–H and O–H groups in total. The van der Waals surface area contributed by atoms with E-state index in [1.165, 1.54) is 6.42 Å². The van der Waals surface area contributed by atoms with E-state index in [1.807, 2.05) is 6.92 Å². The maximum atomic E-state index is 11.6. The van der Waals surface area contributed by atoms with Crippen LogP contribution in [-0.2, 0) is 4.74 Å². The molecule has 2 fully saturated rings. The highest BCUT2D eigenvalue weighted by Gasteiger charge is 2.30. The van der Waals surface area contributed by atoms with Gasteiger partial charge in [0, 0.05) is 12.6 Å². The number of rotatable bonds is 2. The smallest absolute Gasteiger partial charge is 0.315 e. The molecule has 0 bridgehead atoms. The van der Waals surface area contributed by atoms with E-state index in [1.54, 1.807) is 0 Å². The number of hydrogen-bond acceptors (Lipinski definition) is 2. The summed E-state index contributed by atoms with van der Waals surface area (Å²) in [6.45, 7) is 3.50. The van der Waals surface area contributed by atoms with Crippen molar-refractivity contribution in [1.82, 2.24) is 10.6 Å². The van der Waals surface area contributed by atoms with E-state index in [0.717, 1.165) is 32.3 Å². The monoisotopic (exact) mass is 212 g/mol. The third kappa shape index (κ3) is 2.84. The Kier molecular flexibility index (Phi) is 3.14. The summed E-state index contributed by atoms with van der Waals surface area (Å²) in [5.41, 5.74) is -0.175. The molecule has 0 aromatic rings. The third-order valence-corrected chi connectivity index (χ3v) is 3.29. The molecule has 86 valence electrons. The fraction of sp³-hybridized carbons (Fsp3) is 0.909. The van der Waals surface area contributed by atoms with Gasteiger partial charge in [0.2, 0.25) is 0 Å². The summed E-state index contributed by atoms with van der Waals surface area (Å²) in [5.74, 6) is 0. The van der Waals surface area contributed by atoms with E-state index < -0.39 is 0 Å². The molecule has 2 amide bonds. The maximum Gasteiger partial charge on any atom is 0.315 e. The quantitative estimate of drug-likeness (QED) is 0.727. The lowest BCUT2D eigenvalue weighted by Crippen LogP contribution is -2.56. The first-order valence-corrected chi connectivity index (χ1v) is 5.84. The molecule has 0 aromatic heterocycles. The molecule has 1 unspecified atom stereocenters. The molecule has 1 aliphatic heterocycles. The van der Waals surface area contributed by atoms with E-state index in [9.17, 15) is 4.79 Å². The summed E-state index contributed by atoms with van der Waals surface area (Å²) in [6.07, 6.45) is 5.53. The fourth-order valence-electron chi connectivity index (χ4n) is 2.08. The van der Waals surface area contributed by atoms with E-state index >= 15 is 0 Å². The molecule has 1 saturated carbocycles. The second kappa shape index (κ2) is 4.39. The highest BCUT2D eigenvalue weighted by atomic mass is 16.5. The van der Waals surface area contributed by atoms with Crippen molar-refractivity contribution in [2.75, 3.05) is 13.2 Å². The van der Waals surface area contributed by atoms with E-state index in [4.69, 9.17) is 4.74 Å². The lowest BCUT2D eigenvalue weighted by Gasteiger charge is -2.35. The van der Waals surface area contributed by atoms with Crippen molar-refractivity contribution in [2.45, 2.75) is 50.6 Å². The highest BCUT2D eigenvalue weighted by molar-refractivity contribution is 5.75. The Morgan fingerprint density at radius 2 is 2.20 bits per heavy atom. The molecule has 1 aliphatic carbocycles. The third-order valence-electron chi connectivity index (χ3n) is 3.29. The first-order valence-electron chi connectivity index (χ1n) is 5.84. The summed E-state index contributed by atoms with van der Waals surface area (Å²) < 4.78 is 5.39.